The monoisotopic (exact) mass is 144 g/mol. The van der Waals surface area contributed by atoms with Crippen LogP contribution in [0.5, 0.6) is 0 Å². The highest BCUT2D eigenvalue weighted by molar-refractivity contribution is 5.79. The maximum Gasteiger partial charge on any atom is 0.317 e. The second-order valence-electron chi connectivity index (χ2n) is 2.75. The molecule has 3 nitrogen and oxygen atoms in total. The highest BCUT2D eigenvalue weighted by Crippen LogP contribution is 2.45. The first kappa shape index (κ1) is 7.54. The third-order valence-electron chi connectivity index (χ3n) is 2.04. The van der Waals surface area contributed by atoms with Crippen LogP contribution in [-0.4, -0.2) is 19.1 Å². The van der Waals surface area contributed by atoms with Crippen molar-refractivity contribution >= 4 is 5.97 Å². The van der Waals surface area contributed by atoms with E-state index in [0.29, 0.717) is 13.2 Å². The van der Waals surface area contributed by atoms with Crippen molar-refractivity contribution in [2.75, 3.05) is 13.2 Å². The lowest BCUT2D eigenvalue weighted by Crippen LogP contribution is -2.56. The number of quaternary nitrogens is 1. The van der Waals surface area contributed by atoms with Gasteiger partial charge in [-0.15, -0.1) is 0 Å². The lowest BCUT2D eigenvalue weighted by Gasteiger charge is -2.07. The van der Waals surface area contributed by atoms with E-state index in [1.54, 1.807) is 0 Å². The van der Waals surface area contributed by atoms with Crippen LogP contribution in [0, 0.1) is 5.41 Å². The van der Waals surface area contributed by atoms with Gasteiger partial charge in [-0.3, -0.25) is 4.79 Å². The van der Waals surface area contributed by atoms with Crippen molar-refractivity contribution in [2.45, 2.75) is 19.8 Å². The van der Waals surface area contributed by atoms with Crippen molar-refractivity contribution in [1.82, 2.24) is 0 Å². The zero-order chi connectivity index (χ0) is 7.61. The molecular formula is C7H14NO2+. The average Bonchev–Trinajstić information content (AvgIpc) is 2.68. The van der Waals surface area contributed by atoms with Crippen LogP contribution in [-0.2, 0) is 9.53 Å². The molecule has 0 saturated heterocycles. The number of hydrogen-bond donors (Lipinski definition) is 1. The predicted molar refractivity (Wildman–Crippen MR) is 36.1 cm³/mol. The van der Waals surface area contributed by atoms with Gasteiger partial charge < -0.3 is 10.5 Å². The van der Waals surface area contributed by atoms with Crippen LogP contribution in [0.2, 0.25) is 0 Å². The summed E-state index contributed by atoms with van der Waals surface area (Å²) in [4.78, 5) is 11.1. The lowest BCUT2D eigenvalue weighted by atomic mass is 10.1. The third-order valence-corrected chi connectivity index (χ3v) is 2.04. The van der Waals surface area contributed by atoms with Gasteiger partial charge in [0.15, 0.2) is 0 Å². The van der Waals surface area contributed by atoms with Crippen molar-refractivity contribution in [1.29, 1.82) is 0 Å². The van der Waals surface area contributed by atoms with Crippen LogP contribution in [0.25, 0.3) is 0 Å². The minimum atomic E-state index is -0.171. The molecule has 1 saturated carbocycles. The molecule has 0 spiro atoms. The Morgan fingerprint density at radius 3 is 2.60 bits per heavy atom. The van der Waals surface area contributed by atoms with E-state index in [9.17, 15) is 4.79 Å². The van der Waals surface area contributed by atoms with Crippen LogP contribution in [0.1, 0.15) is 19.8 Å². The summed E-state index contributed by atoms with van der Waals surface area (Å²) in [6.45, 7) is 3.00. The molecule has 0 aromatic heterocycles. The Morgan fingerprint density at radius 2 is 2.30 bits per heavy atom. The summed E-state index contributed by atoms with van der Waals surface area (Å²) in [5.74, 6) is -0.0509. The molecule has 1 aliphatic rings. The summed E-state index contributed by atoms with van der Waals surface area (Å²) in [5, 5.41) is 0. The molecule has 0 heterocycles. The molecule has 0 bridgehead atoms. The van der Waals surface area contributed by atoms with Crippen LogP contribution >= 0.6 is 0 Å². The molecule has 3 heteroatoms. The van der Waals surface area contributed by atoms with E-state index in [2.05, 4.69) is 5.73 Å². The van der Waals surface area contributed by atoms with Crippen molar-refractivity contribution in [3.63, 3.8) is 0 Å². The molecule has 0 atom stereocenters. The van der Waals surface area contributed by atoms with Gasteiger partial charge >= 0.3 is 5.97 Å². The fraction of sp³-hybridized carbons (Fsp3) is 0.857. The summed E-state index contributed by atoms with van der Waals surface area (Å²) in [6, 6.07) is 0. The zero-order valence-electron chi connectivity index (χ0n) is 6.35. The number of carbonyl (C=O) groups excluding carboxylic acids is 1. The molecule has 0 aromatic carbocycles. The molecule has 0 aromatic rings. The Morgan fingerprint density at radius 1 is 1.70 bits per heavy atom. The largest absolute Gasteiger partial charge is 0.465 e. The van der Waals surface area contributed by atoms with Gasteiger partial charge in [-0.05, 0) is 19.8 Å². The van der Waals surface area contributed by atoms with Gasteiger partial charge in [0.1, 0.15) is 5.41 Å². The lowest BCUT2D eigenvalue weighted by molar-refractivity contribution is -0.380. The number of hydrogen-bond acceptors (Lipinski definition) is 2. The van der Waals surface area contributed by atoms with Gasteiger partial charge in [-0.1, -0.05) is 0 Å². The van der Waals surface area contributed by atoms with Gasteiger partial charge in [-0.2, -0.15) is 0 Å². The summed E-state index contributed by atoms with van der Waals surface area (Å²) in [6.07, 6.45) is 1.94. The van der Waals surface area contributed by atoms with Crippen LogP contribution in [0.15, 0.2) is 0 Å². The molecule has 1 fully saturated rings. The fourth-order valence-corrected chi connectivity index (χ4v) is 0.991. The molecular weight excluding hydrogens is 130 g/mol. The standard InChI is InChI=1S/C7H13NO2/c1-2-10-6(9)7(5-8)3-4-7/h2-5,8H2,1H3/p+1. The predicted octanol–water partition coefficient (Wildman–Crippen LogP) is -0.428. The second kappa shape index (κ2) is 2.58. The molecule has 1 rings (SSSR count). The van der Waals surface area contributed by atoms with E-state index in [1.165, 1.54) is 0 Å². The van der Waals surface area contributed by atoms with Gasteiger partial charge in [0.05, 0.1) is 13.2 Å². The molecule has 58 valence electrons. The van der Waals surface area contributed by atoms with E-state index in [4.69, 9.17) is 4.74 Å². The quantitative estimate of drug-likeness (QED) is 0.546. The molecule has 0 aliphatic heterocycles. The van der Waals surface area contributed by atoms with Crippen molar-refractivity contribution in [3.05, 3.63) is 0 Å². The maximum atomic E-state index is 11.1. The summed E-state index contributed by atoms with van der Waals surface area (Å²) in [5.41, 5.74) is 3.55. The number of rotatable bonds is 3. The Kier molecular flexibility index (Phi) is 1.94. The summed E-state index contributed by atoms with van der Waals surface area (Å²) >= 11 is 0. The Labute approximate surface area is 60.5 Å². The zero-order valence-corrected chi connectivity index (χ0v) is 6.35. The average molecular weight is 144 g/mol. The van der Waals surface area contributed by atoms with Crippen molar-refractivity contribution in [2.24, 2.45) is 5.41 Å². The first-order chi connectivity index (χ1) is 4.75. The fourth-order valence-electron chi connectivity index (χ4n) is 0.991. The first-order valence-corrected chi connectivity index (χ1v) is 3.71. The summed E-state index contributed by atoms with van der Waals surface area (Å²) in [7, 11) is 0. The van der Waals surface area contributed by atoms with E-state index < -0.39 is 0 Å². The highest BCUT2D eigenvalue weighted by atomic mass is 16.5. The number of esters is 1. The van der Waals surface area contributed by atoms with E-state index >= 15 is 0 Å². The van der Waals surface area contributed by atoms with Crippen LogP contribution in [0.3, 0.4) is 0 Å². The number of carbonyl (C=O) groups is 1. The van der Waals surface area contributed by atoms with Crippen LogP contribution in [0.4, 0.5) is 0 Å². The number of ether oxygens (including phenoxy) is 1. The smallest absolute Gasteiger partial charge is 0.317 e. The molecule has 0 unspecified atom stereocenters. The van der Waals surface area contributed by atoms with Gasteiger partial charge in [0.2, 0.25) is 0 Å². The maximum absolute atomic E-state index is 11.1. The molecule has 0 radical (unpaired) electrons. The second-order valence-corrected chi connectivity index (χ2v) is 2.75. The molecule has 10 heavy (non-hydrogen) atoms. The minimum absolute atomic E-state index is 0.0509. The minimum Gasteiger partial charge on any atom is -0.465 e. The SMILES string of the molecule is CCOC(=O)C1(C[NH3+])CC1. The van der Waals surface area contributed by atoms with E-state index in [1.807, 2.05) is 6.92 Å². The van der Waals surface area contributed by atoms with Gasteiger partial charge in [-0.25, -0.2) is 0 Å². The molecule has 3 N–H and O–H groups in total. The Bertz CT molecular complexity index is 141. The van der Waals surface area contributed by atoms with Gasteiger partial charge in [0, 0.05) is 0 Å². The normalized spacial score (nSPS) is 20.2. The van der Waals surface area contributed by atoms with E-state index in [-0.39, 0.29) is 11.4 Å². The Balaban J connectivity index is 2.40. The molecule has 0 amide bonds. The molecule has 1 aliphatic carbocycles. The van der Waals surface area contributed by atoms with E-state index in [0.717, 1.165) is 12.8 Å². The first-order valence-electron chi connectivity index (χ1n) is 3.71. The van der Waals surface area contributed by atoms with Crippen LogP contribution < -0.4 is 5.73 Å². The Hall–Kier alpha value is -0.570. The van der Waals surface area contributed by atoms with Gasteiger partial charge in [0.25, 0.3) is 0 Å². The van der Waals surface area contributed by atoms with Crippen molar-refractivity contribution in [3.8, 4) is 0 Å². The summed E-state index contributed by atoms with van der Waals surface area (Å²) < 4.78 is 4.88. The topological polar surface area (TPSA) is 53.9 Å². The highest BCUT2D eigenvalue weighted by Gasteiger charge is 2.52. The van der Waals surface area contributed by atoms with Crippen molar-refractivity contribution < 1.29 is 15.3 Å². The third kappa shape index (κ3) is 1.14.